The van der Waals surface area contributed by atoms with E-state index in [1.807, 2.05) is 58.0 Å². The molecule has 1 amide bonds. The van der Waals surface area contributed by atoms with Gasteiger partial charge in [-0.1, -0.05) is 6.07 Å². The molecule has 4 nitrogen and oxygen atoms in total. The zero-order valence-electron chi connectivity index (χ0n) is 12.4. The minimum atomic E-state index is -0.683. The van der Waals surface area contributed by atoms with Crippen LogP contribution in [-0.4, -0.2) is 16.4 Å². The van der Waals surface area contributed by atoms with E-state index in [1.54, 1.807) is 6.20 Å². The molecule has 0 radical (unpaired) electrons. The van der Waals surface area contributed by atoms with Gasteiger partial charge in [-0.2, -0.15) is 0 Å². The smallest absolute Gasteiger partial charge is 0.231 e. The fraction of sp³-hybridized carbons (Fsp3) is 0.375. The van der Waals surface area contributed by atoms with E-state index >= 15 is 0 Å². The lowest BCUT2D eigenvalue weighted by molar-refractivity contribution is -0.126. The van der Waals surface area contributed by atoms with Crippen molar-refractivity contribution in [3.8, 4) is 0 Å². The van der Waals surface area contributed by atoms with Crippen molar-refractivity contribution < 1.29 is 4.79 Å². The monoisotopic (exact) mass is 271 g/mol. The second kappa shape index (κ2) is 4.87. The van der Waals surface area contributed by atoms with Crippen molar-refractivity contribution in [2.24, 2.45) is 11.1 Å². The summed E-state index contributed by atoms with van der Waals surface area (Å²) < 4.78 is 0. The third-order valence-electron chi connectivity index (χ3n) is 4.07. The number of anilines is 1. The molecule has 0 aliphatic rings. The van der Waals surface area contributed by atoms with Crippen LogP contribution in [0.15, 0.2) is 36.5 Å². The summed E-state index contributed by atoms with van der Waals surface area (Å²) in [6.07, 6.45) is 1.74. The maximum Gasteiger partial charge on any atom is 0.231 e. The molecule has 3 N–H and O–H groups in total. The first kappa shape index (κ1) is 14.5. The summed E-state index contributed by atoms with van der Waals surface area (Å²) in [4.78, 5) is 16.8. The van der Waals surface area contributed by atoms with Crippen LogP contribution in [0.2, 0.25) is 0 Å². The van der Waals surface area contributed by atoms with Gasteiger partial charge in [-0.15, -0.1) is 0 Å². The number of rotatable bonds is 3. The molecule has 0 spiro atoms. The fourth-order valence-electron chi connectivity index (χ4n) is 1.78. The van der Waals surface area contributed by atoms with E-state index in [0.29, 0.717) is 0 Å². The van der Waals surface area contributed by atoms with Gasteiger partial charge in [-0.25, -0.2) is 0 Å². The molecule has 1 aromatic heterocycles. The lowest BCUT2D eigenvalue weighted by Crippen LogP contribution is -2.53. The molecule has 106 valence electrons. The number of nitrogens with zero attached hydrogens (tertiary/aromatic N) is 1. The van der Waals surface area contributed by atoms with E-state index in [-0.39, 0.29) is 5.91 Å². The van der Waals surface area contributed by atoms with Crippen LogP contribution in [0, 0.1) is 5.41 Å². The van der Waals surface area contributed by atoms with Crippen molar-refractivity contribution in [2.45, 2.75) is 33.2 Å². The van der Waals surface area contributed by atoms with Gasteiger partial charge in [0.05, 0.1) is 16.6 Å². The number of carbonyl (C=O) groups excluding carboxylic acids is 1. The molecule has 0 fully saturated rings. The van der Waals surface area contributed by atoms with E-state index in [9.17, 15) is 4.79 Å². The van der Waals surface area contributed by atoms with E-state index in [4.69, 9.17) is 5.73 Å². The van der Waals surface area contributed by atoms with Gasteiger partial charge in [-0.05, 0) is 52.0 Å². The highest BCUT2D eigenvalue weighted by Gasteiger charge is 2.40. The second-order valence-corrected chi connectivity index (χ2v) is 6.18. The van der Waals surface area contributed by atoms with Gasteiger partial charge in [-0.3, -0.25) is 9.78 Å². The number of nitrogens with one attached hydrogen (secondary N) is 1. The predicted octanol–water partition coefficient (Wildman–Crippen LogP) is 2.94. The summed E-state index contributed by atoms with van der Waals surface area (Å²) in [6, 6.07) is 9.48. The maximum absolute atomic E-state index is 12.5. The minimum Gasteiger partial charge on any atom is -0.325 e. The van der Waals surface area contributed by atoms with Gasteiger partial charge in [0.15, 0.2) is 0 Å². The Kier molecular flexibility index (Phi) is 3.52. The first-order chi connectivity index (χ1) is 9.23. The zero-order chi connectivity index (χ0) is 15.0. The van der Waals surface area contributed by atoms with Crippen molar-refractivity contribution in [1.29, 1.82) is 0 Å². The van der Waals surface area contributed by atoms with Crippen LogP contribution in [0.3, 0.4) is 0 Å². The minimum absolute atomic E-state index is 0.0960. The molecule has 0 aliphatic carbocycles. The molecule has 20 heavy (non-hydrogen) atoms. The Morgan fingerprint density at radius 1 is 1.15 bits per heavy atom. The lowest BCUT2D eigenvalue weighted by Gasteiger charge is -2.36. The van der Waals surface area contributed by atoms with E-state index in [1.165, 1.54) is 0 Å². The van der Waals surface area contributed by atoms with Crippen LogP contribution in [0.1, 0.15) is 27.7 Å². The Labute approximate surface area is 119 Å². The number of fused-ring (bicyclic) bond motifs is 1. The largest absolute Gasteiger partial charge is 0.325 e. The van der Waals surface area contributed by atoms with Crippen LogP contribution in [0.5, 0.6) is 0 Å². The quantitative estimate of drug-likeness (QED) is 0.901. The molecular weight excluding hydrogens is 250 g/mol. The highest BCUT2D eigenvalue weighted by atomic mass is 16.2. The number of amides is 1. The third kappa shape index (κ3) is 2.51. The zero-order valence-corrected chi connectivity index (χ0v) is 12.4. The number of aromatic nitrogens is 1. The molecule has 0 saturated heterocycles. The van der Waals surface area contributed by atoms with Gasteiger partial charge in [0.2, 0.25) is 5.91 Å². The molecule has 0 bridgehead atoms. The molecule has 4 heteroatoms. The first-order valence-electron chi connectivity index (χ1n) is 6.67. The van der Waals surface area contributed by atoms with Gasteiger partial charge in [0.1, 0.15) is 0 Å². The van der Waals surface area contributed by atoms with Crippen LogP contribution < -0.4 is 11.1 Å². The van der Waals surface area contributed by atoms with E-state index in [2.05, 4.69) is 10.3 Å². The van der Waals surface area contributed by atoms with Gasteiger partial charge >= 0.3 is 0 Å². The van der Waals surface area contributed by atoms with Gasteiger partial charge < -0.3 is 11.1 Å². The topological polar surface area (TPSA) is 68.0 Å². The summed E-state index contributed by atoms with van der Waals surface area (Å²) >= 11 is 0. The Balaban J connectivity index is 2.36. The molecule has 1 heterocycles. The fourth-order valence-corrected chi connectivity index (χ4v) is 1.78. The normalized spacial score (nSPS) is 12.4. The summed E-state index contributed by atoms with van der Waals surface area (Å²) in [5, 5.41) is 3.90. The number of nitrogens with two attached hydrogens (primary N) is 1. The average molecular weight is 271 g/mol. The molecule has 2 rings (SSSR count). The van der Waals surface area contributed by atoms with Crippen LogP contribution in [0.25, 0.3) is 10.9 Å². The number of benzene rings is 1. The van der Waals surface area contributed by atoms with Crippen LogP contribution in [-0.2, 0) is 4.79 Å². The van der Waals surface area contributed by atoms with E-state index in [0.717, 1.165) is 16.6 Å². The SMILES string of the molecule is CC(C)(N)C(C)(C)C(=O)Nc1cccc2ncccc12. The maximum atomic E-state index is 12.5. The number of hydrogen-bond donors (Lipinski definition) is 2. The third-order valence-corrected chi connectivity index (χ3v) is 4.07. The standard InChI is InChI=1S/C16H21N3O/c1-15(2,16(3,4)17)14(20)19-13-9-5-8-12-11(13)7-6-10-18-12/h5-10H,17H2,1-4H3,(H,19,20). The average Bonchev–Trinajstić information content (AvgIpc) is 2.37. The molecular formula is C16H21N3O. The summed E-state index contributed by atoms with van der Waals surface area (Å²) in [7, 11) is 0. The van der Waals surface area contributed by atoms with E-state index < -0.39 is 11.0 Å². The number of hydrogen-bond acceptors (Lipinski definition) is 3. The van der Waals surface area contributed by atoms with Crippen LogP contribution in [0.4, 0.5) is 5.69 Å². The van der Waals surface area contributed by atoms with Crippen molar-refractivity contribution in [2.75, 3.05) is 5.32 Å². The second-order valence-electron chi connectivity index (χ2n) is 6.18. The number of pyridine rings is 1. The summed E-state index contributed by atoms with van der Waals surface area (Å²) in [5.74, 6) is -0.0960. The number of carbonyl (C=O) groups is 1. The molecule has 0 saturated carbocycles. The summed E-state index contributed by atoms with van der Waals surface area (Å²) in [5.41, 5.74) is 6.43. The van der Waals surface area contributed by atoms with Crippen molar-refractivity contribution in [3.63, 3.8) is 0 Å². The first-order valence-corrected chi connectivity index (χ1v) is 6.67. The van der Waals surface area contributed by atoms with Crippen molar-refractivity contribution >= 4 is 22.5 Å². The molecule has 0 unspecified atom stereocenters. The highest BCUT2D eigenvalue weighted by molar-refractivity contribution is 6.03. The molecule has 0 atom stereocenters. The van der Waals surface area contributed by atoms with Crippen molar-refractivity contribution in [1.82, 2.24) is 4.98 Å². The van der Waals surface area contributed by atoms with Crippen LogP contribution >= 0.6 is 0 Å². The molecule has 1 aromatic carbocycles. The Bertz CT molecular complexity index is 636. The molecule has 2 aromatic rings. The Morgan fingerprint density at radius 3 is 2.50 bits per heavy atom. The van der Waals surface area contributed by atoms with Crippen molar-refractivity contribution in [3.05, 3.63) is 36.5 Å². The molecule has 0 aliphatic heterocycles. The lowest BCUT2D eigenvalue weighted by atomic mass is 9.74. The Morgan fingerprint density at radius 2 is 1.85 bits per heavy atom. The Hall–Kier alpha value is -1.94. The predicted molar refractivity (Wildman–Crippen MR) is 82.4 cm³/mol. The van der Waals surface area contributed by atoms with Gasteiger partial charge in [0, 0.05) is 17.1 Å². The highest BCUT2D eigenvalue weighted by Crippen LogP contribution is 2.31. The summed E-state index contributed by atoms with van der Waals surface area (Å²) in [6.45, 7) is 7.42. The van der Waals surface area contributed by atoms with Gasteiger partial charge in [0.25, 0.3) is 0 Å².